The Balaban J connectivity index is 4.57. The minimum atomic E-state index is -4.35. The number of carbonyl (C=O) groups excluding carboxylic acids is 1. The quantitative estimate of drug-likeness (QED) is 0.0249. The van der Waals surface area contributed by atoms with Gasteiger partial charge in [0.2, 0.25) is 5.91 Å². The number of aliphatic hydroxyl groups excluding tert-OH is 1. The maximum Gasteiger partial charge on any atom is 0.472 e. The number of nitrogens with one attached hydrogen (secondary N) is 1. The number of amides is 1. The van der Waals surface area contributed by atoms with Gasteiger partial charge in [0, 0.05) is 6.42 Å². The molecule has 0 saturated heterocycles. The van der Waals surface area contributed by atoms with Crippen molar-refractivity contribution in [3.63, 3.8) is 0 Å². The molecule has 8 nitrogen and oxygen atoms in total. The number of nitrogens with zero attached hydrogens (tertiary/aromatic N) is 1. The van der Waals surface area contributed by atoms with E-state index in [-0.39, 0.29) is 19.1 Å². The zero-order chi connectivity index (χ0) is 40.0. The molecule has 0 saturated carbocycles. The highest BCUT2D eigenvalue weighted by Crippen LogP contribution is 2.43. The molecule has 3 unspecified atom stereocenters. The number of hydrogen-bond acceptors (Lipinski definition) is 5. The normalized spacial score (nSPS) is 15.0. The highest BCUT2D eigenvalue weighted by Gasteiger charge is 2.27. The first-order valence-electron chi connectivity index (χ1n) is 21.7. The minimum absolute atomic E-state index is 0.0482. The lowest BCUT2D eigenvalue weighted by Gasteiger charge is -2.25. The molecular weight excluding hydrogens is 695 g/mol. The fraction of sp³-hybridized carbons (Fsp3) is 0.756. The Kier molecular flexibility index (Phi) is 35.6. The molecule has 3 N–H and O–H groups in total. The van der Waals surface area contributed by atoms with Gasteiger partial charge in [0.05, 0.1) is 39.9 Å². The van der Waals surface area contributed by atoms with E-state index in [4.69, 9.17) is 9.05 Å². The van der Waals surface area contributed by atoms with E-state index in [1.165, 1.54) is 77.0 Å². The molecule has 0 aliphatic rings. The number of unbranched alkanes of at least 4 members (excludes halogenated alkanes) is 17. The van der Waals surface area contributed by atoms with Crippen LogP contribution in [0.5, 0.6) is 0 Å². The molecule has 1 amide bonds. The van der Waals surface area contributed by atoms with E-state index in [1.807, 2.05) is 27.2 Å². The Bertz CT molecular complexity index is 1060. The number of aliphatic hydroxyl groups is 1. The molecule has 0 bridgehead atoms. The molecule has 0 aliphatic heterocycles. The number of quaternary nitrogens is 1. The molecule has 0 rings (SSSR count). The summed E-state index contributed by atoms with van der Waals surface area (Å²) in [5, 5.41) is 13.8. The predicted octanol–water partition coefficient (Wildman–Crippen LogP) is 11.9. The molecule has 0 spiro atoms. The monoisotopic (exact) mass is 780 g/mol. The van der Waals surface area contributed by atoms with Crippen molar-refractivity contribution in [1.82, 2.24) is 5.32 Å². The van der Waals surface area contributed by atoms with Gasteiger partial charge in [0.15, 0.2) is 0 Å². The van der Waals surface area contributed by atoms with E-state index < -0.39 is 20.0 Å². The number of carbonyl (C=O) groups is 1. The lowest BCUT2D eigenvalue weighted by atomic mass is 10.1. The molecule has 0 aliphatic carbocycles. The van der Waals surface area contributed by atoms with E-state index >= 15 is 0 Å². The van der Waals surface area contributed by atoms with Gasteiger partial charge in [0.1, 0.15) is 13.2 Å². The summed E-state index contributed by atoms with van der Waals surface area (Å²) in [6, 6.07) is -0.877. The lowest BCUT2D eigenvalue weighted by Crippen LogP contribution is -2.45. The summed E-state index contributed by atoms with van der Waals surface area (Å²) in [6.45, 7) is 4.71. The summed E-state index contributed by atoms with van der Waals surface area (Å²) in [7, 11) is 1.53. The number of hydrogen-bond donors (Lipinski definition) is 3. The Labute approximate surface area is 332 Å². The van der Waals surface area contributed by atoms with Gasteiger partial charge in [-0.3, -0.25) is 13.8 Å². The fourth-order valence-electron chi connectivity index (χ4n) is 5.68. The number of likely N-dealkylation sites (N-methyl/N-ethyl adjacent to an activating group) is 1. The van der Waals surface area contributed by atoms with Crippen LogP contribution in [-0.2, 0) is 18.4 Å². The van der Waals surface area contributed by atoms with Crippen LogP contribution in [0.2, 0.25) is 0 Å². The van der Waals surface area contributed by atoms with Crippen LogP contribution in [-0.4, -0.2) is 73.4 Å². The van der Waals surface area contributed by atoms with E-state index in [1.54, 1.807) is 6.08 Å². The molecule has 0 aromatic carbocycles. The van der Waals surface area contributed by atoms with E-state index in [9.17, 15) is 19.4 Å². The maximum atomic E-state index is 12.8. The van der Waals surface area contributed by atoms with Gasteiger partial charge in [-0.25, -0.2) is 4.57 Å². The van der Waals surface area contributed by atoms with Crippen molar-refractivity contribution in [2.45, 2.75) is 180 Å². The third-order valence-electron chi connectivity index (χ3n) is 9.19. The fourth-order valence-corrected chi connectivity index (χ4v) is 6.41. The molecule has 314 valence electrons. The zero-order valence-electron chi connectivity index (χ0n) is 35.4. The Hall–Kier alpha value is -1.80. The van der Waals surface area contributed by atoms with E-state index in [0.29, 0.717) is 17.4 Å². The maximum absolute atomic E-state index is 12.8. The van der Waals surface area contributed by atoms with Crippen molar-refractivity contribution in [2.75, 3.05) is 40.9 Å². The van der Waals surface area contributed by atoms with Crippen molar-refractivity contribution in [1.29, 1.82) is 0 Å². The Morgan fingerprint density at radius 1 is 0.630 bits per heavy atom. The second-order valence-electron chi connectivity index (χ2n) is 15.7. The number of allylic oxidation sites excluding steroid dienone is 9. The molecule has 0 heterocycles. The van der Waals surface area contributed by atoms with Gasteiger partial charge < -0.3 is 19.8 Å². The van der Waals surface area contributed by atoms with Crippen molar-refractivity contribution in [3.05, 3.63) is 60.8 Å². The van der Waals surface area contributed by atoms with Gasteiger partial charge in [-0.2, -0.15) is 0 Å². The first-order valence-corrected chi connectivity index (χ1v) is 23.2. The molecule has 9 heteroatoms. The van der Waals surface area contributed by atoms with Crippen LogP contribution in [0.15, 0.2) is 60.8 Å². The van der Waals surface area contributed by atoms with Crippen molar-refractivity contribution in [2.24, 2.45) is 0 Å². The lowest BCUT2D eigenvalue weighted by molar-refractivity contribution is -0.870. The smallest absolute Gasteiger partial charge is 0.387 e. The van der Waals surface area contributed by atoms with Crippen LogP contribution in [0.4, 0.5) is 0 Å². The standard InChI is InChI=1S/C45H83N2O6P/c1-6-8-10-12-14-16-18-20-22-23-24-25-26-28-30-32-34-36-38-44(48)43(42-53-54(50,51)52-41-40-47(3,4)5)46-45(49)39-37-35-33-31-29-27-21-19-17-15-13-11-9-7-2/h13,15,19,21,23-24,28,30,36,38,43-44,48H,6-12,14,16-18,20,22,25-27,29,31-35,37,39-42H2,1-5H3,(H-,46,49,50,51)/p+1/b15-13-,21-19-,24-23+,30-28+,38-36+. The first-order chi connectivity index (χ1) is 26.0. The van der Waals surface area contributed by atoms with E-state index in [2.05, 4.69) is 67.8 Å². The molecule has 0 aromatic rings. The molecule has 0 radical (unpaired) electrons. The topological polar surface area (TPSA) is 105 Å². The molecule has 0 aromatic heterocycles. The summed E-state index contributed by atoms with van der Waals surface area (Å²) >= 11 is 0. The number of phosphoric ester groups is 1. The average Bonchev–Trinajstić information content (AvgIpc) is 3.12. The van der Waals surface area contributed by atoms with Crippen LogP contribution < -0.4 is 5.32 Å². The third kappa shape index (κ3) is 38.5. The van der Waals surface area contributed by atoms with Crippen molar-refractivity contribution < 1.29 is 32.9 Å². The number of phosphoric acid groups is 1. The SMILES string of the molecule is CCCC/C=C\C/C=C\CCCCCCCC(=O)NC(COP(=O)(O)OCC[N+](C)(C)C)C(O)/C=C/CC/C=C/CC/C=C/CCCCCCCCCC. The van der Waals surface area contributed by atoms with Crippen LogP contribution >= 0.6 is 7.82 Å². The number of rotatable bonds is 38. The van der Waals surface area contributed by atoms with Crippen LogP contribution in [0.25, 0.3) is 0 Å². The second kappa shape index (κ2) is 36.8. The van der Waals surface area contributed by atoms with Gasteiger partial charge >= 0.3 is 7.82 Å². The van der Waals surface area contributed by atoms with Crippen molar-refractivity contribution >= 4 is 13.7 Å². The van der Waals surface area contributed by atoms with Gasteiger partial charge in [0.25, 0.3) is 0 Å². The highest BCUT2D eigenvalue weighted by molar-refractivity contribution is 7.47. The Morgan fingerprint density at radius 2 is 1.09 bits per heavy atom. The Morgan fingerprint density at radius 3 is 1.65 bits per heavy atom. The van der Waals surface area contributed by atoms with E-state index in [0.717, 1.165) is 70.6 Å². The van der Waals surface area contributed by atoms with Crippen LogP contribution in [0.1, 0.15) is 168 Å². The summed E-state index contributed by atoms with van der Waals surface area (Å²) in [5.74, 6) is -0.209. The van der Waals surface area contributed by atoms with Crippen LogP contribution in [0, 0.1) is 0 Å². The summed E-state index contributed by atoms with van der Waals surface area (Å²) in [4.78, 5) is 23.1. The zero-order valence-corrected chi connectivity index (χ0v) is 36.3. The highest BCUT2D eigenvalue weighted by atomic mass is 31.2. The van der Waals surface area contributed by atoms with Crippen LogP contribution in [0.3, 0.4) is 0 Å². The average molecular weight is 780 g/mol. The summed E-state index contributed by atoms with van der Waals surface area (Å²) in [5.41, 5.74) is 0. The van der Waals surface area contributed by atoms with Crippen molar-refractivity contribution in [3.8, 4) is 0 Å². The summed E-state index contributed by atoms with van der Waals surface area (Å²) in [6.07, 6.45) is 47.2. The third-order valence-corrected chi connectivity index (χ3v) is 10.2. The minimum Gasteiger partial charge on any atom is -0.387 e. The first kappa shape index (κ1) is 52.2. The predicted molar refractivity (Wildman–Crippen MR) is 230 cm³/mol. The molecule has 0 fully saturated rings. The van der Waals surface area contributed by atoms with Gasteiger partial charge in [-0.05, 0) is 70.6 Å². The molecule has 54 heavy (non-hydrogen) atoms. The molecular formula is C45H84N2O6P+. The second-order valence-corrected chi connectivity index (χ2v) is 17.1. The molecule has 3 atom stereocenters. The largest absolute Gasteiger partial charge is 0.472 e. The van der Waals surface area contributed by atoms with Gasteiger partial charge in [-0.15, -0.1) is 0 Å². The van der Waals surface area contributed by atoms with Gasteiger partial charge in [-0.1, -0.05) is 152 Å². The summed E-state index contributed by atoms with van der Waals surface area (Å²) < 4.78 is 23.5.